The second-order valence-electron chi connectivity index (χ2n) is 3.91. The molecule has 0 heterocycles. The molecule has 90 valence electrons. The van der Waals surface area contributed by atoms with E-state index in [0.29, 0.717) is 4.83 Å². The van der Waals surface area contributed by atoms with Crippen molar-refractivity contribution in [2.24, 2.45) is 11.7 Å². The minimum absolute atomic E-state index is 0.0310. The van der Waals surface area contributed by atoms with E-state index in [1.807, 2.05) is 0 Å². The Morgan fingerprint density at radius 1 is 1.33 bits per heavy atom. The van der Waals surface area contributed by atoms with Gasteiger partial charge in [0.1, 0.15) is 0 Å². The summed E-state index contributed by atoms with van der Waals surface area (Å²) < 4.78 is 0. The number of carbonyl (C=O) groups excluding carboxylic acids is 1. The lowest BCUT2D eigenvalue weighted by atomic mass is 9.95. The molecule has 0 aromatic rings. The molecule has 15 heavy (non-hydrogen) atoms. The van der Waals surface area contributed by atoms with Crippen molar-refractivity contribution in [3.8, 4) is 0 Å². The van der Waals surface area contributed by atoms with Gasteiger partial charge < -0.3 is 5.73 Å². The molecular weight excluding hydrogens is 322 g/mol. The molecule has 0 saturated heterocycles. The van der Waals surface area contributed by atoms with Gasteiger partial charge in [0.05, 0.1) is 5.92 Å². The van der Waals surface area contributed by atoms with Crippen LogP contribution < -0.4 is 5.73 Å². The van der Waals surface area contributed by atoms with E-state index in [0.717, 1.165) is 32.1 Å². The second-order valence-corrected chi connectivity index (χ2v) is 6.38. The molecule has 3 unspecified atom stereocenters. The van der Waals surface area contributed by atoms with Crippen LogP contribution in [0.15, 0.2) is 0 Å². The molecule has 0 fully saturated rings. The van der Waals surface area contributed by atoms with Crippen LogP contribution in [0.3, 0.4) is 0 Å². The number of hydrogen-bond acceptors (Lipinski definition) is 1. The first-order chi connectivity index (χ1) is 7.02. The van der Waals surface area contributed by atoms with Crippen LogP contribution >= 0.6 is 31.9 Å². The fourth-order valence-corrected chi connectivity index (χ4v) is 3.38. The van der Waals surface area contributed by atoms with Crippen molar-refractivity contribution in [3.05, 3.63) is 0 Å². The summed E-state index contributed by atoms with van der Waals surface area (Å²) in [6.07, 6.45) is 5.09. The van der Waals surface area contributed by atoms with E-state index in [2.05, 4.69) is 45.7 Å². The van der Waals surface area contributed by atoms with Crippen LogP contribution in [0.5, 0.6) is 0 Å². The Morgan fingerprint density at radius 2 is 1.93 bits per heavy atom. The summed E-state index contributed by atoms with van der Waals surface area (Å²) in [5.41, 5.74) is 5.41. The smallest absolute Gasteiger partial charge is 0.221 e. The lowest BCUT2D eigenvalue weighted by Gasteiger charge is -2.21. The summed E-state index contributed by atoms with van der Waals surface area (Å²) in [4.78, 5) is 12.0. The van der Waals surface area contributed by atoms with Crippen molar-refractivity contribution in [2.75, 3.05) is 0 Å². The number of carbonyl (C=O) groups is 1. The van der Waals surface area contributed by atoms with Crippen LogP contribution in [0.2, 0.25) is 0 Å². The van der Waals surface area contributed by atoms with Gasteiger partial charge in [0, 0.05) is 9.65 Å². The number of nitrogens with two attached hydrogens (primary N) is 1. The molecule has 1 amide bonds. The van der Waals surface area contributed by atoms with E-state index in [1.165, 1.54) is 0 Å². The molecule has 0 rings (SSSR count). The van der Waals surface area contributed by atoms with Crippen LogP contribution in [0.25, 0.3) is 0 Å². The van der Waals surface area contributed by atoms with E-state index in [9.17, 15) is 4.79 Å². The molecule has 4 heteroatoms. The highest BCUT2D eigenvalue weighted by Gasteiger charge is 2.25. The Bertz CT molecular complexity index is 187. The Hall–Kier alpha value is 0.430. The Kier molecular flexibility index (Phi) is 8.81. The van der Waals surface area contributed by atoms with Crippen molar-refractivity contribution < 1.29 is 4.79 Å². The normalized spacial score (nSPS) is 17.1. The average Bonchev–Trinajstić information content (AvgIpc) is 2.17. The van der Waals surface area contributed by atoms with Crippen LogP contribution in [-0.4, -0.2) is 15.6 Å². The average molecular weight is 343 g/mol. The van der Waals surface area contributed by atoms with Gasteiger partial charge >= 0.3 is 0 Å². The minimum Gasteiger partial charge on any atom is -0.369 e. The Morgan fingerprint density at radius 3 is 2.33 bits per heavy atom. The van der Waals surface area contributed by atoms with Crippen molar-refractivity contribution >= 4 is 37.8 Å². The Labute approximate surface area is 110 Å². The molecule has 3 atom stereocenters. The topological polar surface area (TPSA) is 43.1 Å². The monoisotopic (exact) mass is 341 g/mol. The van der Waals surface area contributed by atoms with Crippen LogP contribution in [-0.2, 0) is 4.79 Å². The van der Waals surface area contributed by atoms with Gasteiger partial charge in [-0.1, -0.05) is 58.5 Å². The van der Waals surface area contributed by atoms with E-state index < -0.39 is 0 Å². The molecule has 2 N–H and O–H groups in total. The number of rotatable bonds is 8. The van der Waals surface area contributed by atoms with Crippen LogP contribution in [0.4, 0.5) is 0 Å². The first-order valence-electron chi connectivity index (χ1n) is 5.60. The van der Waals surface area contributed by atoms with Crippen molar-refractivity contribution in [1.82, 2.24) is 0 Å². The van der Waals surface area contributed by atoms with Crippen LogP contribution in [0.1, 0.15) is 46.0 Å². The van der Waals surface area contributed by atoms with Gasteiger partial charge in [0.15, 0.2) is 0 Å². The summed E-state index contributed by atoms with van der Waals surface area (Å²) in [7, 11) is 0. The third-order valence-corrected chi connectivity index (χ3v) is 4.63. The fourth-order valence-electron chi connectivity index (χ4n) is 1.50. The molecule has 0 spiro atoms. The highest BCUT2D eigenvalue weighted by atomic mass is 79.9. The van der Waals surface area contributed by atoms with Crippen LogP contribution in [0, 0.1) is 5.92 Å². The van der Waals surface area contributed by atoms with Crippen molar-refractivity contribution in [1.29, 1.82) is 0 Å². The van der Waals surface area contributed by atoms with Gasteiger partial charge in [0.2, 0.25) is 5.91 Å². The van der Waals surface area contributed by atoms with E-state index in [-0.39, 0.29) is 16.7 Å². The zero-order chi connectivity index (χ0) is 11.8. The molecule has 0 aliphatic carbocycles. The first kappa shape index (κ1) is 15.4. The number of amides is 1. The van der Waals surface area contributed by atoms with Crippen molar-refractivity contribution in [3.63, 3.8) is 0 Å². The number of unbranched alkanes of at least 4 members (excludes halogenated alkanes) is 1. The summed E-state index contributed by atoms with van der Waals surface area (Å²) in [6, 6.07) is 0. The summed E-state index contributed by atoms with van der Waals surface area (Å²) in [6.45, 7) is 4.26. The standard InChI is InChI=1S/C11H21Br2NO/c1-3-5-6-9(11(14)15)10(13)7-8(12)4-2/h8-10H,3-7H2,1-2H3,(H2,14,15). The predicted octanol–water partition coefficient (Wildman–Crippen LogP) is 3.61. The van der Waals surface area contributed by atoms with Gasteiger partial charge in [-0.3, -0.25) is 4.79 Å². The van der Waals surface area contributed by atoms with E-state index >= 15 is 0 Å². The summed E-state index contributed by atoms with van der Waals surface area (Å²) >= 11 is 7.17. The maximum Gasteiger partial charge on any atom is 0.221 e. The number of hydrogen-bond donors (Lipinski definition) is 1. The zero-order valence-electron chi connectivity index (χ0n) is 9.51. The predicted molar refractivity (Wildman–Crippen MR) is 72.5 cm³/mol. The van der Waals surface area contributed by atoms with E-state index in [4.69, 9.17) is 5.73 Å². The van der Waals surface area contributed by atoms with Gasteiger partial charge in [-0.2, -0.15) is 0 Å². The van der Waals surface area contributed by atoms with Gasteiger partial charge in [-0.25, -0.2) is 0 Å². The third kappa shape index (κ3) is 6.56. The molecule has 0 aromatic heterocycles. The lowest BCUT2D eigenvalue weighted by Crippen LogP contribution is -2.31. The molecule has 0 saturated carbocycles. The molecule has 0 aromatic carbocycles. The molecule has 0 bridgehead atoms. The minimum atomic E-state index is -0.180. The van der Waals surface area contributed by atoms with Gasteiger partial charge in [-0.05, 0) is 19.3 Å². The number of halogens is 2. The highest BCUT2D eigenvalue weighted by molar-refractivity contribution is 9.10. The molecule has 2 nitrogen and oxygen atoms in total. The van der Waals surface area contributed by atoms with Gasteiger partial charge in [-0.15, -0.1) is 0 Å². The van der Waals surface area contributed by atoms with Crippen molar-refractivity contribution in [2.45, 2.75) is 55.6 Å². The number of primary amides is 1. The first-order valence-corrected chi connectivity index (χ1v) is 7.43. The second kappa shape index (κ2) is 8.57. The fraction of sp³-hybridized carbons (Fsp3) is 0.909. The summed E-state index contributed by atoms with van der Waals surface area (Å²) in [5.74, 6) is -0.210. The Balaban J connectivity index is 4.15. The van der Waals surface area contributed by atoms with Gasteiger partial charge in [0.25, 0.3) is 0 Å². The summed E-state index contributed by atoms with van der Waals surface area (Å²) in [5, 5.41) is 0. The maximum atomic E-state index is 11.3. The lowest BCUT2D eigenvalue weighted by molar-refractivity contribution is -0.122. The highest BCUT2D eigenvalue weighted by Crippen LogP contribution is 2.26. The largest absolute Gasteiger partial charge is 0.369 e. The van der Waals surface area contributed by atoms with E-state index in [1.54, 1.807) is 0 Å². The quantitative estimate of drug-likeness (QED) is 0.673. The maximum absolute atomic E-state index is 11.3. The molecular formula is C11H21Br2NO. The SMILES string of the molecule is CCCCC(C(N)=O)C(Br)CC(Br)CC. The number of alkyl halides is 2. The molecule has 0 aliphatic heterocycles. The third-order valence-electron chi connectivity index (χ3n) is 2.59. The zero-order valence-corrected chi connectivity index (χ0v) is 12.7. The molecule has 0 aliphatic rings. The molecule has 0 radical (unpaired) electrons.